The zero-order valence-corrected chi connectivity index (χ0v) is 14.2. The number of fused-ring (bicyclic) bond motifs is 1. The van der Waals surface area contributed by atoms with Gasteiger partial charge in [0.25, 0.3) is 0 Å². The topological polar surface area (TPSA) is 46.4 Å². The van der Waals surface area contributed by atoms with Gasteiger partial charge in [0.15, 0.2) is 0 Å². The number of nitrogens with one attached hydrogen (secondary N) is 1. The molecule has 0 spiro atoms. The quantitative estimate of drug-likeness (QED) is 0.754. The van der Waals surface area contributed by atoms with Gasteiger partial charge in [-0.3, -0.25) is 4.79 Å². The number of hydrogen-bond donors (Lipinski definition) is 1. The third-order valence-electron chi connectivity index (χ3n) is 4.40. The van der Waals surface area contributed by atoms with Crippen molar-refractivity contribution in [3.8, 4) is 0 Å². The number of carbonyl (C=O) groups is 1. The lowest BCUT2D eigenvalue weighted by atomic mass is 10.0. The summed E-state index contributed by atoms with van der Waals surface area (Å²) in [6.07, 6.45) is 6.11. The first-order chi connectivity index (χ1) is 11.6. The SMILES string of the molecule is Cc1ccc(CCCC(=O)NCc2ncc3ccccn23)cc1C. The molecule has 0 radical (unpaired) electrons. The largest absolute Gasteiger partial charge is 0.349 e. The average Bonchev–Trinajstić information content (AvgIpc) is 2.99. The maximum Gasteiger partial charge on any atom is 0.220 e. The van der Waals surface area contributed by atoms with Crippen LogP contribution in [0.4, 0.5) is 0 Å². The highest BCUT2D eigenvalue weighted by Crippen LogP contribution is 2.12. The van der Waals surface area contributed by atoms with Crippen molar-refractivity contribution in [1.29, 1.82) is 0 Å². The van der Waals surface area contributed by atoms with Crippen molar-refractivity contribution in [3.63, 3.8) is 0 Å². The molecule has 0 fully saturated rings. The average molecular weight is 321 g/mol. The number of aromatic nitrogens is 2. The molecule has 2 heterocycles. The van der Waals surface area contributed by atoms with Crippen LogP contribution in [-0.2, 0) is 17.8 Å². The fourth-order valence-electron chi connectivity index (χ4n) is 2.81. The first kappa shape index (κ1) is 16.2. The van der Waals surface area contributed by atoms with Gasteiger partial charge in [0, 0.05) is 12.6 Å². The van der Waals surface area contributed by atoms with E-state index in [-0.39, 0.29) is 5.91 Å². The number of imidazole rings is 1. The van der Waals surface area contributed by atoms with Gasteiger partial charge in [-0.2, -0.15) is 0 Å². The van der Waals surface area contributed by atoms with Gasteiger partial charge in [-0.15, -0.1) is 0 Å². The number of hydrogen-bond acceptors (Lipinski definition) is 2. The molecular formula is C20H23N3O. The third kappa shape index (κ3) is 3.82. The van der Waals surface area contributed by atoms with Crippen LogP contribution in [0.25, 0.3) is 5.52 Å². The molecule has 4 heteroatoms. The van der Waals surface area contributed by atoms with Gasteiger partial charge in [-0.05, 0) is 55.5 Å². The molecule has 4 nitrogen and oxygen atoms in total. The summed E-state index contributed by atoms with van der Waals surface area (Å²) in [6.45, 7) is 4.70. The first-order valence-electron chi connectivity index (χ1n) is 8.37. The molecule has 1 aromatic carbocycles. The van der Waals surface area contributed by atoms with Crippen LogP contribution in [0.2, 0.25) is 0 Å². The minimum Gasteiger partial charge on any atom is -0.349 e. The highest BCUT2D eigenvalue weighted by molar-refractivity contribution is 5.75. The summed E-state index contributed by atoms with van der Waals surface area (Å²) >= 11 is 0. The van der Waals surface area contributed by atoms with E-state index in [1.165, 1.54) is 16.7 Å². The summed E-state index contributed by atoms with van der Waals surface area (Å²) in [6, 6.07) is 12.5. The van der Waals surface area contributed by atoms with E-state index >= 15 is 0 Å². The predicted octanol–water partition coefficient (Wildman–Crippen LogP) is 3.59. The minimum atomic E-state index is 0.0755. The molecule has 124 valence electrons. The molecular weight excluding hydrogens is 298 g/mol. The number of aryl methyl sites for hydroxylation is 3. The molecule has 3 aromatic rings. The Morgan fingerprint density at radius 3 is 2.88 bits per heavy atom. The summed E-state index contributed by atoms with van der Waals surface area (Å²) in [5.41, 5.74) is 4.95. The Morgan fingerprint density at radius 1 is 1.17 bits per heavy atom. The molecule has 24 heavy (non-hydrogen) atoms. The number of carbonyl (C=O) groups excluding carboxylic acids is 1. The maximum atomic E-state index is 12.0. The first-order valence-corrected chi connectivity index (χ1v) is 8.37. The molecule has 0 bridgehead atoms. The van der Waals surface area contributed by atoms with Crippen molar-refractivity contribution < 1.29 is 4.79 Å². The van der Waals surface area contributed by atoms with E-state index in [0.717, 1.165) is 24.2 Å². The van der Waals surface area contributed by atoms with E-state index in [9.17, 15) is 4.79 Å². The summed E-state index contributed by atoms with van der Waals surface area (Å²) in [5, 5.41) is 2.96. The van der Waals surface area contributed by atoms with E-state index in [2.05, 4.69) is 42.3 Å². The van der Waals surface area contributed by atoms with Crippen molar-refractivity contribution in [1.82, 2.24) is 14.7 Å². The van der Waals surface area contributed by atoms with E-state index in [1.54, 1.807) is 0 Å². The Kier molecular flexibility index (Phi) is 4.94. The number of pyridine rings is 1. The van der Waals surface area contributed by atoms with E-state index in [0.29, 0.717) is 13.0 Å². The molecule has 0 unspecified atom stereocenters. The van der Waals surface area contributed by atoms with Crippen molar-refractivity contribution in [2.45, 2.75) is 39.7 Å². The maximum absolute atomic E-state index is 12.0. The lowest BCUT2D eigenvalue weighted by Gasteiger charge is -2.07. The molecule has 1 amide bonds. The van der Waals surface area contributed by atoms with E-state index in [4.69, 9.17) is 0 Å². The fraction of sp³-hybridized carbons (Fsp3) is 0.300. The Labute approximate surface area is 142 Å². The van der Waals surface area contributed by atoms with Crippen LogP contribution in [-0.4, -0.2) is 15.3 Å². The van der Waals surface area contributed by atoms with E-state index in [1.807, 2.05) is 35.0 Å². The molecule has 0 aliphatic heterocycles. The van der Waals surface area contributed by atoms with Crippen LogP contribution in [0.3, 0.4) is 0 Å². The summed E-state index contributed by atoms with van der Waals surface area (Å²) in [5.74, 6) is 0.930. The van der Waals surface area contributed by atoms with Gasteiger partial charge in [-0.25, -0.2) is 4.98 Å². The molecule has 2 aromatic heterocycles. The Hall–Kier alpha value is -2.62. The standard InChI is InChI=1S/C20H23N3O/c1-15-9-10-17(12-16(15)2)6-5-8-20(24)22-14-19-21-13-18-7-3-4-11-23(18)19/h3-4,7,9-13H,5-6,8,14H2,1-2H3,(H,22,24). The van der Waals surface area contributed by atoms with Gasteiger partial charge in [0.2, 0.25) is 5.91 Å². The predicted molar refractivity (Wildman–Crippen MR) is 95.9 cm³/mol. The molecule has 1 N–H and O–H groups in total. The van der Waals surface area contributed by atoms with Gasteiger partial charge in [0.05, 0.1) is 18.3 Å². The smallest absolute Gasteiger partial charge is 0.220 e. The monoisotopic (exact) mass is 321 g/mol. The second-order valence-corrected chi connectivity index (χ2v) is 6.22. The summed E-state index contributed by atoms with van der Waals surface area (Å²) in [4.78, 5) is 16.4. The number of benzene rings is 1. The fourth-order valence-corrected chi connectivity index (χ4v) is 2.81. The van der Waals surface area contributed by atoms with Crippen molar-refractivity contribution in [2.24, 2.45) is 0 Å². The number of nitrogens with zero attached hydrogens (tertiary/aromatic N) is 2. The van der Waals surface area contributed by atoms with Crippen LogP contribution in [0, 0.1) is 13.8 Å². The summed E-state index contributed by atoms with van der Waals surface area (Å²) < 4.78 is 2.00. The van der Waals surface area contributed by atoms with Crippen molar-refractivity contribution >= 4 is 11.4 Å². The zero-order valence-electron chi connectivity index (χ0n) is 14.2. The molecule has 3 rings (SSSR count). The Bertz CT molecular complexity index is 851. The second kappa shape index (κ2) is 7.30. The van der Waals surface area contributed by atoms with Crippen LogP contribution in [0.5, 0.6) is 0 Å². The van der Waals surface area contributed by atoms with Crippen molar-refractivity contribution in [3.05, 3.63) is 71.3 Å². The van der Waals surface area contributed by atoms with Gasteiger partial charge >= 0.3 is 0 Å². The molecule has 0 aliphatic rings. The van der Waals surface area contributed by atoms with Crippen LogP contribution >= 0.6 is 0 Å². The Morgan fingerprint density at radius 2 is 2.04 bits per heavy atom. The van der Waals surface area contributed by atoms with Crippen LogP contribution < -0.4 is 5.32 Å². The minimum absolute atomic E-state index is 0.0755. The summed E-state index contributed by atoms with van der Waals surface area (Å²) in [7, 11) is 0. The van der Waals surface area contributed by atoms with Crippen LogP contribution in [0.1, 0.15) is 35.4 Å². The third-order valence-corrected chi connectivity index (χ3v) is 4.40. The van der Waals surface area contributed by atoms with Gasteiger partial charge < -0.3 is 9.72 Å². The normalized spacial score (nSPS) is 10.9. The second-order valence-electron chi connectivity index (χ2n) is 6.22. The van der Waals surface area contributed by atoms with Crippen LogP contribution in [0.15, 0.2) is 48.8 Å². The molecule has 0 atom stereocenters. The zero-order chi connectivity index (χ0) is 16.9. The van der Waals surface area contributed by atoms with Gasteiger partial charge in [0.1, 0.15) is 5.82 Å². The number of rotatable bonds is 6. The lowest BCUT2D eigenvalue weighted by Crippen LogP contribution is -2.23. The van der Waals surface area contributed by atoms with Crippen molar-refractivity contribution in [2.75, 3.05) is 0 Å². The lowest BCUT2D eigenvalue weighted by molar-refractivity contribution is -0.121. The Balaban J connectivity index is 1.46. The molecule has 0 saturated heterocycles. The van der Waals surface area contributed by atoms with E-state index < -0.39 is 0 Å². The molecule has 0 aliphatic carbocycles. The number of amides is 1. The molecule has 0 saturated carbocycles. The van der Waals surface area contributed by atoms with Gasteiger partial charge in [-0.1, -0.05) is 24.3 Å². The highest BCUT2D eigenvalue weighted by atomic mass is 16.1. The highest BCUT2D eigenvalue weighted by Gasteiger charge is 2.06.